The number of anilines is 1. The number of hydrogen-bond acceptors (Lipinski definition) is 4. The molecule has 3 rings (SSSR count). The third-order valence-electron chi connectivity index (χ3n) is 3.17. The van der Waals surface area contributed by atoms with Crippen LogP contribution in [0.15, 0.2) is 18.2 Å². The van der Waals surface area contributed by atoms with Gasteiger partial charge in [-0.25, -0.2) is 0 Å². The zero-order valence-corrected chi connectivity index (χ0v) is 10.1. The third kappa shape index (κ3) is 2.41. The molecule has 2 aliphatic rings. The number of carbonyl (C=O) groups is 1. The van der Waals surface area contributed by atoms with Gasteiger partial charge in [0, 0.05) is 6.07 Å². The third-order valence-corrected chi connectivity index (χ3v) is 3.17. The molecule has 0 unspecified atom stereocenters. The number of rotatable bonds is 2. The molecule has 1 fully saturated rings. The highest BCUT2D eigenvalue weighted by Gasteiger charge is 2.18. The first-order valence-electron chi connectivity index (χ1n) is 6.25. The van der Waals surface area contributed by atoms with E-state index in [2.05, 4.69) is 10.6 Å². The Hall–Kier alpha value is -1.75. The van der Waals surface area contributed by atoms with Crippen LogP contribution >= 0.6 is 0 Å². The molecular weight excluding hydrogens is 232 g/mol. The fourth-order valence-electron chi connectivity index (χ4n) is 2.24. The molecule has 0 radical (unpaired) electrons. The van der Waals surface area contributed by atoms with Gasteiger partial charge in [-0.3, -0.25) is 4.79 Å². The molecule has 0 spiro atoms. The van der Waals surface area contributed by atoms with Gasteiger partial charge in [0.15, 0.2) is 6.61 Å². The molecule has 5 heteroatoms. The molecule has 1 aromatic rings. The number of ether oxygens (including phenoxy) is 2. The number of carbonyl (C=O) groups excluding carboxylic acids is 1. The Morgan fingerprint density at radius 3 is 2.94 bits per heavy atom. The number of amides is 1. The van der Waals surface area contributed by atoms with E-state index in [4.69, 9.17) is 9.47 Å². The second kappa shape index (κ2) is 4.86. The largest absolute Gasteiger partial charge is 0.490 e. The van der Waals surface area contributed by atoms with Gasteiger partial charge in [0.2, 0.25) is 0 Å². The summed E-state index contributed by atoms with van der Waals surface area (Å²) in [6, 6.07) is 5.55. The lowest BCUT2D eigenvalue weighted by Crippen LogP contribution is -2.34. The van der Waals surface area contributed by atoms with Crippen LogP contribution in [0.4, 0.5) is 5.69 Å². The van der Waals surface area contributed by atoms with Crippen LogP contribution in [0.2, 0.25) is 0 Å². The molecule has 0 aromatic heterocycles. The molecular formula is C13H16N2O3. The van der Waals surface area contributed by atoms with E-state index in [1.807, 2.05) is 18.2 Å². The minimum Gasteiger partial charge on any atom is -0.490 e. The van der Waals surface area contributed by atoms with Crippen molar-refractivity contribution in [3.63, 3.8) is 0 Å². The summed E-state index contributed by atoms with van der Waals surface area (Å²) >= 11 is 0. The van der Waals surface area contributed by atoms with Crippen molar-refractivity contribution < 1.29 is 14.3 Å². The maximum Gasteiger partial charge on any atom is 0.262 e. The zero-order valence-electron chi connectivity index (χ0n) is 10.1. The highest BCUT2D eigenvalue weighted by molar-refractivity contribution is 5.95. The average Bonchev–Trinajstić information content (AvgIpc) is 2.39. The SMILES string of the molecule is O=C1COc2ccc(OC3CCNCC3)cc2N1. The van der Waals surface area contributed by atoms with Crippen LogP contribution in [0.5, 0.6) is 11.5 Å². The van der Waals surface area contributed by atoms with E-state index in [0.717, 1.165) is 31.7 Å². The summed E-state index contributed by atoms with van der Waals surface area (Å²) in [5.41, 5.74) is 0.692. The smallest absolute Gasteiger partial charge is 0.262 e. The molecule has 1 aromatic carbocycles. The van der Waals surface area contributed by atoms with E-state index in [9.17, 15) is 4.79 Å². The fourth-order valence-corrected chi connectivity index (χ4v) is 2.24. The van der Waals surface area contributed by atoms with Crippen molar-refractivity contribution in [2.24, 2.45) is 0 Å². The first kappa shape index (κ1) is 11.3. The molecule has 1 saturated heterocycles. The Labute approximate surface area is 105 Å². The van der Waals surface area contributed by atoms with Gasteiger partial charge in [-0.15, -0.1) is 0 Å². The predicted molar refractivity (Wildman–Crippen MR) is 67.1 cm³/mol. The number of benzene rings is 1. The molecule has 2 N–H and O–H groups in total. The van der Waals surface area contributed by atoms with Crippen molar-refractivity contribution in [3.05, 3.63) is 18.2 Å². The lowest BCUT2D eigenvalue weighted by Gasteiger charge is -2.25. The summed E-state index contributed by atoms with van der Waals surface area (Å²) in [6.07, 6.45) is 2.28. The Balaban J connectivity index is 1.73. The number of nitrogens with one attached hydrogen (secondary N) is 2. The molecule has 1 amide bonds. The molecule has 18 heavy (non-hydrogen) atoms. The summed E-state index contributed by atoms with van der Waals surface area (Å²) in [5, 5.41) is 6.08. The van der Waals surface area contributed by atoms with E-state index >= 15 is 0 Å². The van der Waals surface area contributed by atoms with Gasteiger partial charge < -0.3 is 20.1 Å². The second-order valence-corrected chi connectivity index (χ2v) is 4.56. The Kier molecular flexibility index (Phi) is 3.06. The molecule has 2 heterocycles. The van der Waals surface area contributed by atoms with Crippen LogP contribution in [0.1, 0.15) is 12.8 Å². The molecule has 5 nitrogen and oxygen atoms in total. The minimum atomic E-state index is -0.124. The van der Waals surface area contributed by atoms with Crippen molar-refractivity contribution in [2.75, 3.05) is 25.0 Å². The number of fused-ring (bicyclic) bond motifs is 1. The summed E-state index contributed by atoms with van der Waals surface area (Å²) in [6.45, 7) is 2.08. The minimum absolute atomic E-state index is 0.0848. The van der Waals surface area contributed by atoms with Crippen LogP contribution in [-0.4, -0.2) is 31.7 Å². The van der Waals surface area contributed by atoms with Gasteiger partial charge in [-0.1, -0.05) is 0 Å². The van der Waals surface area contributed by atoms with Crippen molar-refractivity contribution >= 4 is 11.6 Å². The summed E-state index contributed by atoms with van der Waals surface area (Å²) < 4.78 is 11.2. The van der Waals surface area contributed by atoms with Crippen LogP contribution < -0.4 is 20.1 Å². The normalized spacial score (nSPS) is 19.7. The summed E-state index contributed by atoms with van der Waals surface area (Å²) in [7, 11) is 0. The van der Waals surface area contributed by atoms with E-state index in [1.165, 1.54) is 0 Å². The van der Waals surface area contributed by atoms with Gasteiger partial charge in [-0.2, -0.15) is 0 Å². The second-order valence-electron chi connectivity index (χ2n) is 4.56. The van der Waals surface area contributed by atoms with E-state index in [0.29, 0.717) is 11.4 Å². The van der Waals surface area contributed by atoms with E-state index < -0.39 is 0 Å². The molecule has 2 aliphatic heterocycles. The molecule has 0 saturated carbocycles. The first-order valence-corrected chi connectivity index (χ1v) is 6.25. The maximum absolute atomic E-state index is 11.2. The topological polar surface area (TPSA) is 59.6 Å². The lowest BCUT2D eigenvalue weighted by atomic mass is 10.1. The Morgan fingerprint density at radius 2 is 2.11 bits per heavy atom. The van der Waals surface area contributed by atoms with Crippen molar-refractivity contribution in [1.82, 2.24) is 5.32 Å². The lowest BCUT2D eigenvalue weighted by molar-refractivity contribution is -0.118. The maximum atomic E-state index is 11.2. The van der Waals surface area contributed by atoms with E-state index in [1.54, 1.807) is 0 Å². The highest BCUT2D eigenvalue weighted by atomic mass is 16.5. The number of hydrogen-bond donors (Lipinski definition) is 2. The Morgan fingerprint density at radius 1 is 1.28 bits per heavy atom. The van der Waals surface area contributed by atoms with Crippen LogP contribution in [-0.2, 0) is 4.79 Å². The quantitative estimate of drug-likeness (QED) is 0.824. The molecule has 0 aliphatic carbocycles. The van der Waals surface area contributed by atoms with Gasteiger partial charge in [0.1, 0.15) is 17.6 Å². The first-order chi connectivity index (χ1) is 8.81. The van der Waals surface area contributed by atoms with Crippen LogP contribution in [0.3, 0.4) is 0 Å². The van der Waals surface area contributed by atoms with Crippen LogP contribution in [0, 0.1) is 0 Å². The van der Waals surface area contributed by atoms with Gasteiger partial charge in [-0.05, 0) is 38.1 Å². The predicted octanol–water partition coefficient (Wildman–Crippen LogP) is 1.15. The fraction of sp³-hybridized carbons (Fsp3) is 0.462. The number of piperidine rings is 1. The Bertz CT molecular complexity index is 456. The molecule has 96 valence electrons. The average molecular weight is 248 g/mol. The standard InChI is InChI=1S/C13H16N2O3/c16-13-8-17-12-2-1-10(7-11(12)15-13)18-9-3-5-14-6-4-9/h1-2,7,9,14H,3-6,8H2,(H,15,16). The molecule has 0 atom stereocenters. The highest BCUT2D eigenvalue weighted by Crippen LogP contribution is 2.32. The van der Waals surface area contributed by atoms with Crippen molar-refractivity contribution in [3.8, 4) is 11.5 Å². The molecule has 0 bridgehead atoms. The van der Waals surface area contributed by atoms with Crippen molar-refractivity contribution in [1.29, 1.82) is 0 Å². The summed E-state index contributed by atoms with van der Waals surface area (Å²) in [5.74, 6) is 1.36. The monoisotopic (exact) mass is 248 g/mol. The zero-order chi connectivity index (χ0) is 12.4. The van der Waals surface area contributed by atoms with Crippen molar-refractivity contribution in [2.45, 2.75) is 18.9 Å². The van der Waals surface area contributed by atoms with Gasteiger partial charge >= 0.3 is 0 Å². The van der Waals surface area contributed by atoms with E-state index in [-0.39, 0.29) is 18.6 Å². The van der Waals surface area contributed by atoms with Crippen LogP contribution in [0.25, 0.3) is 0 Å². The van der Waals surface area contributed by atoms with Gasteiger partial charge in [0.25, 0.3) is 5.91 Å². The van der Waals surface area contributed by atoms with Gasteiger partial charge in [0.05, 0.1) is 5.69 Å². The summed E-state index contributed by atoms with van der Waals surface area (Å²) in [4.78, 5) is 11.2.